The molecule has 0 aromatic rings. The summed E-state index contributed by atoms with van der Waals surface area (Å²) in [6.45, 7) is 2.20. The molecular weight excluding hydrogens is 338 g/mol. The molecule has 1 atom stereocenters. The van der Waals surface area contributed by atoms with Gasteiger partial charge in [0.25, 0.3) is 0 Å². The van der Waals surface area contributed by atoms with Gasteiger partial charge in [0.2, 0.25) is 5.91 Å². The average Bonchev–Trinajstić information content (AvgIpc) is 2.49. The van der Waals surface area contributed by atoms with Crippen molar-refractivity contribution in [1.29, 1.82) is 0 Å². The minimum absolute atomic E-state index is 0. The van der Waals surface area contributed by atoms with E-state index in [1.54, 1.807) is 0 Å². The quantitative estimate of drug-likeness (QED) is 0.304. The smallest absolute Gasteiger partial charge is 0.326 e. The average molecular weight is 370 g/mol. The van der Waals surface area contributed by atoms with E-state index in [-0.39, 0.29) is 56.5 Å². The van der Waals surface area contributed by atoms with Crippen LogP contribution in [0.1, 0.15) is 84.0 Å². The van der Waals surface area contributed by atoms with Crippen molar-refractivity contribution in [2.24, 2.45) is 0 Å². The van der Waals surface area contributed by atoms with Gasteiger partial charge in [0.05, 0.1) is 0 Å². The largest absolute Gasteiger partial charge is 0.481 e. The van der Waals surface area contributed by atoms with Crippen molar-refractivity contribution in [1.82, 2.24) is 5.32 Å². The number of amides is 1. The van der Waals surface area contributed by atoms with Crippen LogP contribution in [0.25, 0.3) is 0 Å². The van der Waals surface area contributed by atoms with Gasteiger partial charge in [-0.1, -0.05) is 58.3 Å². The van der Waals surface area contributed by atoms with Crippen molar-refractivity contribution < 1.29 is 24.6 Å². The van der Waals surface area contributed by atoms with E-state index in [1.165, 1.54) is 38.5 Å². The zero-order valence-corrected chi connectivity index (χ0v) is 17.1. The first kappa shape index (κ1) is 25.9. The van der Waals surface area contributed by atoms with Crippen molar-refractivity contribution in [2.45, 2.75) is 90.0 Å². The van der Waals surface area contributed by atoms with Crippen molar-refractivity contribution in [3.63, 3.8) is 0 Å². The summed E-state index contributed by atoms with van der Waals surface area (Å²) in [5, 5.41) is 19.9. The monoisotopic (exact) mass is 369 g/mol. The Bertz CT molecular complexity index is 363. The van der Waals surface area contributed by atoms with E-state index in [1.807, 2.05) is 0 Å². The summed E-state index contributed by atoms with van der Waals surface area (Å²) >= 11 is 0. The van der Waals surface area contributed by atoms with Crippen LogP contribution in [0.5, 0.6) is 0 Å². The van der Waals surface area contributed by atoms with Crippen LogP contribution in [0.4, 0.5) is 0 Å². The van der Waals surface area contributed by atoms with Crippen LogP contribution in [0.2, 0.25) is 0 Å². The number of rotatable bonds is 15. The molecule has 0 spiro atoms. The standard InChI is InChI=1S/C17H31NO5.Ca/c1-2-3-4-5-6-7-8-9-10-11-15(19)18-14(17(22)23)12-13-16(20)21;/h14H,2-13H2,1H3,(H,18,19)(H,20,21)(H,22,23);/t14-;/m0./s1. The predicted molar refractivity (Wildman–Crippen MR) is 94.0 cm³/mol. The van der Waals surface area contributed by atoms with Crippen LogP contribution in [-0.4, -0.2) is 71.8 Å². The summed E-state index contributed by atoms with van der Waals surface area (Å²) in [6.07, 6.45) is 10.3. The number of carbonyl (C=O) groups excluding carboxylic acids is 1. The number of unbranched alkanes of at least 4 members (excludes halogenated alkanes) is 8. The van der Waals surface area contributed by atoms with Gasteiger partial charge in [-0.25, -0.2) is 4.79 Å². The minimum Gasteiger partial charge on any atom is -0.481 e. The summed E-state index contributed by atoms with van der Waals surface area (Å²) < 4.78 is 0. The number of hydrogen-bond donors (Lipinski definition) is 3. The molecule has 0 aliphatic heterocycles. The third kappa shape index (κ3) is 16.5. The predicted octanol–water partition coefficient (Wildman–Crippen LogP) is 2.96. The molecule has 3 N–H and O–H groups in total. The molecule has 136 valence electrons. The van der Waals surface area contributed by atoms with Crippen LogP contribution in [0.3, 0.4) is 0 Å². The second-order valence-corrected chi connectivity index (χ2v) is 5.97. The number of carboxylic acid groups (broad SMARTS) is 2. The SMILES string of the molecule is CCCCCCCCCCCC(=O)N[C@@H](CCC(=O)O)C(=O)O.[Ca]. The summed E-state index contributed by atoms with van der Waals surface area (Å²) in [6, 6.07) is -1.11. The molecule has 0 fully saturated rings. The Morgan fingerprint density at radius 2 is 1.33 bits per heavy atom. The van der Waals surface area contributed by atoms with Gasteiger partial charge in [-0.15, -0.1) is 0 Å². The molecule has 0 rings (SSSR count). The number of aliphatic carboxylic acids is 2. The van der Waals surface area contributed by atoms with Gasteiger partial charge in [-0.2, -0.15) is 0 Å². The maximum atomic E-state index is 11.7. The maximum Gasteiger partial charge on any atom is 0.326 e. The first-order valence-electron chi connectivity index (χ1n) is 8.71. The molecule has 0 saturated heterocycles. The zero-order valence-electron chi connectivity index (χ0n) is 14.9. The molecule has 0 aliphatic rings. The second-order valence-electron chi connectivity index (χ2n) is 5.97. The van der Waals surface area contributed by atoms with E-state index >= 15 is 0 Å². The van der Waals surface area contributed by atoms with Gasteiger partial charge >= 0.3 is 11.9 Å². The molecule has 0 heterocycles. The molecule has 1 amide bonds. The van der Waals surface area contributed by atoms with Crippen molar-refractivity contribution in [3.8, 4) is 0 Å². The molecule has 0 aliphatic carbocycles. The second kappa shape index (κ2) is 17.5. The Labute approximate surface area is 174 Å². The molecule has 7 heteroatoms. The van der Waals surface area contributed by atoms with E-state index in [0.717, 1.165) is 19.3 Å². The van der Waals surface area contributed by atoms with Crippen LogP contribution >= 0.6 is 0 Å². The Balaban J connectivity index is 0. The number of nitrogens with one attached hydrogen (secondary N) is 1. The summed E-state index contributed by atoms with van der Waals surface area (Å²) in [4.78, 5) is 33.1. The molecular formula is C17H31CaNO5. The third-order valence-electron chi connectivity index (χ3n) is 3.79. The summed E-state index contributed by atoms with van der Waals surface area (Å²) in [5.41, 5.74) is 0. The van der Waals surface area contributed by atoms with Gasteiger partial charge in [0.15, 0.2) is 0 Å². The van der Waals surface area contributed by atoms with E-state index in [0.29, 0.717) is 6.42 Å². The fraction of sp³-hybridized carbons (Fsp3) is 0.824. The Morgan fingerprint density at radius 1 is 0.833 bits per heavy atom. The van der Waals surface area contributed by atoms with Crippen LogP contribution < -0.4 is 5.32 Å². The fourth-order valence-electron chi connectivity index (χ4n) is 2.39. The van der Waals surface area contributed by atoms with Gasteiger partial charge in [-0.3, -0.25) is 9.59 Å². The van der Waals surface area contributed by atoms with Gasteiger partial charge in [0.1, 0.15) is 6.04 Å². The van der Waals surface area contributed by atoms with E-state index in [9.17, 15) is 14.4 Å². The zero-order chi connectivity index (χ0) is 17.5. The van der Waals surface area contributed by atoms with E-state index in [4.69, 9.17) is 10.2 Å². The van der Waals surface area contributed by atoms with Crippen LogP contribution in [0.15, 0.2) is 0 Å². The normalized spacial score (nSPS) is 11.4. The Morgan fingerprint density at radius 3 is 1.79 bits per heavy atom. The fourth-order valence-corrected chi connectivity index (χ4v) is 2.39. The van der Waals surface area contributed by atoms with Crippen molar-refractivity contribution >= 4 is 55.6 Å². The maximum absolute atomic E-state index is 11.7. The molecule has 6 nitrogen and oxygen atoms in total. The van der Waals surface area contributed by atoms with Crippen molar-refractivity contribution in [2.75, 3.05) is 0 Å². The molecule has 0 saturated carbocycles. The molecule has 0 bridgehead atoms. The molecule has 2 radical (unpaired) electrons. The van der Waals surface area contributed by atoms with Crippen LogP contribution in [0, 0.1) is 0 Å². The Hall–Kier alpha value is -0.330. The van der Waals surface area contributed by atoms with E-state index in [2.05, 4.69) is 12.2 Å². The number of hydrogen-bond acceptors (Lipinski definition) is 3. The third-order valence-corrected chi connectivity index (χ3v) is 3.79. The Kier molecular flexibility index (Phi) is 18.9. The van der Waals surface area contributed by atoms with Gasteiger partial charge in [-0.05, 0) is 12.8 Å². The summed E-state index contributed by atoms with van der Waals surface area (Å²) in [7, 11) is 0. The molecule has 0 unspecified atom stereocenters. The van der Waals surface area contributed by atoms with Crippen molar-refractivity contribution in [3.05, 3.63) is 0 Å². The first-order valence-corrected chi connectivity index (χ1v) is 8.71. The topological polar surface area (TPSA) is 104 Å². The van der Waals surface area contributed by atoms with Gasteiger partial charge in [0, 0.05) is 50.6 Å². The molecule has 0 aromatic carbocycles. The molecule has 24 heavy (non-hydrogen) atoms. The number of carbonyl (C=O) groups is 3. The molecule has 0 aromatic heterocycles. The van der Waals surface area contributed by atoms with Gasteiger partial charge < -0.3 is 15.5 Å². The summed E-state index contributed by atoms with van der Waals surface area (Å²) in [5.74, 6) is -2.57. The van der Waals surface area contributed by atoms with E-state index < -0.39 is 18.0 Å². The number of carboxylic acids is 2. The first-order chi connectivity index (χ1) is 11.0. The minimum atomic E-state index is -1.19. The van der Waals surface area contributed by atoms with Crippen LogP contribution in [-0.2, 0) is 14.4 Å².